The summed E-state index contributed by atoms with van der Waals surface area (Å²) in [6.45, 7) is 4.08. The van der Waals surface area contributed by atoms with E-state index in [1.807, 2.05) is 30.0 Å². The maximum atomic E-state index is 11.1. The molecule has 1 saturated carbocycles. The Hall–Kier alpha value is -2.34. The molecule has 0 saturated heterocycles. The van der Waals surface area contributed by atoms with Gasteiger partial charge in [0.2, 0.25) is 0 Å². The number of nitrogens with two attached hydrogens (primary N) is 1. The Morgan fingerprint density at radius 1 is 1.32 bits per heavy atom. The third kappa shape index (κ3) is 4.60. The minimum atomic E-state index is -0.590. The molecule has 0 radical (unpaired) electrons. The van der Waals surface area contributed by atoms with Crippen molar-refractivity contribution in [1.29, 1.82) is 0 Å². The molecule has 0 spiro atoms. The lowest BCUT2D eigenvalue weighted by molar-refractivity contribution is 0.0994. The number of ether oxygens (including phenoxy) is 1. The zero-order valence-corrected chi connectivity index (χ0v) is 14.9. The van der Waals surface area contributed by atoms with E-state index in [1.165, 1.54) is 12.8 Å². The maximum Gasteiger partial charge on any atom is 0.269 e. The van der Waals surface area contributed by atoms with Crippen molar-refractivity contribution in [2.45, 2.75) is 26.3 Å². The Kier molecular flexibility index (Phi) is 5.38. The van der Waals surface area contributed by atoms with Gasteiger partial charge in [0.05, 0.1) is 6.61 Å². The second-order valence-corrected chi connectivity index (χ2v) is 6.60. The van der Waals surface area contributed by atoms with Gasteiger partial charge in [-0.2, -0.15) is 0 Å². The number of aromatic nitrogens is 2. The lowest BCUT2D eigenvalue weighted by atomic mass is 10.2. The molecule has 1 aromatic heterocycles. The molecule has 0 bridgehead atoms. The van der Waals surface area contributed by atoms with Crippen LogP contribution in [0, 0.1) is 5.92 Å². The zero-order valence-electron chi connectivity index (χ0n) is 14.1. The van der Waals surface area contributed by atoms with Crippen molar-refractivity contribution in [3.8, 4) is 5.75 Å². The third-order valence-corrected chi connectivity index (χ3v) is 4.40. The van der Waals surface area contributed by atoms with Gasteiger partial charge in [0.25, 0.3) is 5.91 Å². The number of rotatable bonds is 8. The van der Waals surface area contributed by atoms with Gasteiger partial charge < -0.3 is 15.4 Å². The highest BCUT2D eigenvalue weighted by Gasteiger charge is 2.22. The van der Waals surface area contributed by atoms with E-state index >= 15 is 0 Å². The highest BCUT2D eigenvalue weighted by Crippen LogP contribution is 2.31. The first-order valence-corrected chi connectivity index (χ1v) is 8.74. The Morgan fingerprint density at radius 3 is 2.72 bits per heavy atom. The topological polar surface area (TPSA) is 81.3 Å². The third-order valence-electron chi connectivity index (χ3n) is 4.16. The second-order valence-electron chi connectivity index (χ2n) is 6.16. The van der Waals surface area contributed by atoms with Gasteiger partial charge in [-0.25, -0.2) is 0 Å². The van der Waals surface area contributed by atoms with Crippen molar-refractivity contribution in [2.24, 2.45) is 11.7 Å². The fourth-order valence-corrected chi connectivity index (χ4v) is 2.68. The summed E-state index contributed by atoms with van der Waals surface area (Å²) in [5, 5.41) is 8.64. The van der Waals surface area contributed by atoms with E-state index < -0.39 is 5.91 Å². The Morgan fingerprint density at radius 2 is 2.12 bits per heavy atom. The van der Waals surface area contributed by atoms with Gasteiger partial charge in [-0.05, 0) is 56.0 Å². The van der Waals surface area contributed by atoms with Crippen LogP contribution in [0.2, 0.25) is 5.02 Å². The van der Waals surface area contributed by atoms with Gasteiger partial charge in [-0.15, -0.1) is 10.2 Å². The maximum absolute atomic E-state index is 11.1. The summed E-state index contributed by atoms with van der Waals surface area (Å²) < 4.78 is 5.97. The SMILES string of the molecule is CCN(Cc1cc(Cl)ccc1OCC1CC1)c1ccc(C(N)=O)nn1. The minimum Gasteiger partial charge on any atom is -0.493 e. The predicted molar refractivity (Wildman–Crippen MR) is 96.9 cm³/mol. The summed E-state index contributed by atoms with van der Waals surface area (Å²) in [5.74, 6) is 1.60. The molecular formula is C18H21ClN4O2. The number of hydrogen-bond donors (Lipinski definition) is 1. The minimum absolute atomic E-state index is 0.149. The molecule has 2 N–H and O–H groups in total. The van der Waals surface area contributed by atoms with Crippen molar-refractivity contribution in [3.63, 3.8) is 0 Å². The van der Waals surface area contributed by atoms with E-state index in [2.05, 4.69) is 10.2 Å². The van der Waals surface area contributed by atoms with Crippen LogP contribution >= 0.6 is 11.6 Å². The molecule has 1 heterocycles. The molecule has 0 atom stereocenters. The van der Waals surface area contributed by atoms with Crippen LogP contribution in [0.1, 0.15) is 35.8 Å². The van der Waals surface area contributed by atoms with E-state index in [0.717, 1.165) is 24.5 Å². The van der Waals surface area contributed by atoms with Gasteiger partial charge in [0.15, 0.2) is 11.5 Å². The summed E-state index contributed by atoms with van der Waals surface area (Å²) in [4.78, 5) is 13.2. The molecular weight excluding hydrogens is 340 g/mol. The van der Waals surface area contributed by atoms with E-state index in [9.17, 15) is 4.79 Å². The van der Waals surface area contributed by atoms with Crippen LogP contribution < -0.4 is 15.4 Å². The highest BCUT2D eigenvalue weighted by atomic mass is 35.5. The molecule has 0 aliphatic heterocycles. The number of amides is 1. The van der Waals surface area contributed by atoms with Gasteiger partial charge in [0.1, 0.15) is 5.75 Å². The molecule has 1 fully saturated rings. The summed E-state index contributed by atoms with van der Waals surface area (Å²) in [6.07, 6.45) is 2.48. The molecule has 2 aromatic rings. The van der Waals surface area contributed by atoms with Crippen LogP contribution in [0.25, 0.3) is 0 Å². The van der Waals surface area contributed by atoms with E-state index in [1.54, 1.807) is 12.1 Å². The molecule has 132 valence electrons. The van der Waals surface area contributed by atoms with Crippen molar-refractivity contribution in [2.75, 3.05) is 18.1 Å². The average molecular weight is 361 g/mol. The Balaban J connectivity index is 1.77. The lowest BCUT2D eigenvalue weighted by Gasteiger charge is -2.23. The lowest BCUT2D eigenvalue weighted by Crippen LogP contribution is -2.24. The highest BCUT2D eigenvalue weighted by molar-refractivity contribution is 6.30. The summed E-state index contributed by atoms with van der Waals surface area (Å²) in [5.41, 5.74) is 6.35. The monoisotopic (exact) mass is 360 g/mol. The number of nitrogens with zero attached hydrogens (tertiary/aromatic N) is 3. The normalized spacial score (nSPS) is 13.5. The molecule has 1 aliphatic carbocycles. The average Bonchev–Trinajstić information content (AvgIpc) is 3.43. The zero-order chi connectivity index (χ0) is 17.8. The molecule has 6 nitrogen and oxygen atoms in total. The Bertz CT molecular complexity index is 747. The number of carbonyl (C=O) groups excluding carboxylic acids is 1. The fourth-order valence-electron chi connectivity index (χ4n) is 2.49. The molecule has 1 aromatic carbocycles. The van der Waals surface area contributed by atoms with E-state index in [-0.39, 0.29) is 5.69 Å². The fraction of sp³-hybridized carbons (Fsp3) is 0.389. The number of hydrogen-bond acceptors (Lipinski definition) is 5. The quantitative estimate of drug-likeness (QED) is 0.782. The van der Waals surface area contributed by atoms with Crippen molar-refractivity contribution in [3.05, 3.63) is 46.6 Å². The molecule has 25 heavy (non-hydrogen) atoms. The number of primary amides is 1. The first-order valence-electron chi connectivity index (χ1n) is 8.36. The van der Waals surface area contributed by atoms with Gasteiger partial charge in [-0.1, -0.05) is 11.6 Å². The molecule has 1 amide bonds. The largest absolute Gasteiger partial charge is 0.493 e. The second kappa shape index (κ2) is 7.70. The predicted octanol–water partition coefficient (Wildman–Crippen LogP) is 3.04. The number of halogens is 1. The number of anilines is 1. The Labute approximate surface area is 151 Å². The molecule has 7 heteroatoms. The van der Waals surface area contributed by atoms with Gasteiger partial charge >= 0.3 is 0 Å². The first kappa shape index (κ1) is 17.5. The van der Waals surface area contributed by atoms with Crippen LogP contribution in [0.3, 0.4) is 0 Å². The summed E-state index contributed by atoms with van der Waals surface area (Å²) in [7, 11) is 0. The van der Waals surface area contributed by atoms with Crippen LogP contribution in [-0.2, 0) is 6.54 Å². The number of benzene rings is 1. The summed E-state index contributed by atoms with van der Waals surface area (Å²) >= 11 is 6.17. The molecule has 0 unspecified atom stereocenters. The van der Waals surface area contributed by atoms with Crippen LogP contribution in [0.15, 0.2) is 30.3 Å². The number of carbonyl (C=O) groups is 1. The standard InChI is InChI=1S/C18H21ClN4O2/c1-2-23(17-8-6-15(18(20)24)21-22-17)10-13-9-14(19)5-7-16(13)25-11-12-3-4-12/h5-9,12H,2-4,10-11H2,1H3,(H2,20,24). The van der Waals surface area contributed by atoms with Gasteiger partial charge in [0, 0.05) is 23.7 Å². The van der Waals surface area contributed by atoms with Crippen LogP contribution in [0.4, 0.5) is 5.82 Å². The smallest absolute Gasteiger partial charge is 0.269 e. The summed E-state index contributed by atoms with van der Waals surface area (Å²) in [6, 6.07) is 8.99. The molecule has 1 aliphatic rings. The van der Waals surface area contributed by atoms with Crippen molar-refractivity contribution in [1.82, 2.24) is 10.2 Å². The van der Waals surface area contributed by atoms with E-state index in [4.69, 9.17) is 22.1 Å². The van der Waals surface area contributed by atoms with Crippen LogP contribution in [0.5, 0.6) is 5.75 Å². The molecule has 3 rings (SSSR count). The van der Waals surface area contributed by atoms with Crippen LogP contribution in [-0.4, -0.2) is 29.3 Å². The van der Waals surface area contributed by atoms with Crippen molar-refractivity contribution < 1.29 is 9.53 Å². The van der Waals surface area contributed by atoms with Crippen molar-refractivity contribution >= 4 is 23.3 Å². The van der Waals surface area contributed by atoms with E-state index in [0.29, 0.717) is 23.3 Å². The first-order chi connectivity index (χ1) is 12.1. The van der Waals surface area contributed by atoms with Gasteiger partial charge in [-0.3, -0.25) is 4.79 Å².